The van der Waals surface area contributed by atoms with Gasteiger partial charge in [-0.2, -0.15) is 0 Å². The zero-order valence-electron chi connectivity index (χ0n) is 12.8. The number of nitrogens with one attached hydrogen (secondary N) is 1. The summed E-state index contributed by atoms with van der Waals surface area (Å²) in [4.78, 5) is 11.9. The summed E-state index contributed by atoms with van der Waals surface area (Å²) in [5.41, 5.74) is 7.07. The number of hydrogen-bond donors (Lipinski definition) is 2. The van der Waals surface area contributed by atoms with Crippen LogP contribution in [0.1, 0.15) is 37.9 Å². The fraction of sp³-hybridized carbons (Fsp3) is 0.533. The van der Waals surface area contributed by atoms with E-state index >= 15 is 0 Å². The fourth-order valence-electron chi connectivity index (χ4n) is 1.94. The van der Waals surface area contributed by atoms with Crippen molar-refractivity contribution in [3.05, 3.63) is 29.3 Å². The van der Waals surface area contributed by atoms with Crippen molar-refractivity contribution in [1.29, 1.82) is 0 Å². The summed E-state index contributed by atoms with van der Waals surface area (Å²) in [6, 6.07) is 5.40. The number of methoxy groups -OCH3 is 1. The minimum absolute atomic E-state index is 0.263. The van der Waals surface area contributed by atoms with Crippen LogP contribution in [0.15, 0.2) is 18.2 Å². The topological polar surface area (TPSA) is 73.6 Å². The summed E-state index contributed by atoms with van der Waals surface area (Å²) in [7, 11) is 1.60. The number of carbonyl (C=O) groups is 1. The van der Waals surface area contributed by atoms with Crippen LogP contribution in [-0.2, 0) is 4.74 Å². The molecule has 0 radical (unpaired) electrons. The van der Waals surface area contributed by atoms with Crippen molar-refractivity contribution in [2.75, 3.05) is 13.7 Å². The molecule has 3 N–H and O–H groups in total. The molecule has 1 amide bonds. The van der Waals surface area contributed by atoms with E-state index in [9.17, 15) is 4.79 Å². The van der Waals surface area contributed by atoms with Gasteiger partial charge in [0.15, 0.2) is 0 Å². The lowest BCUT2D eigenvalue weighted by molar-refractivity contribution is 0.0505. The largest absolute Gasteiger partial charge is 0.496 e. The second kappa shape index (κ2) is 6.61. The van der Waals surface area contributed by atoms with Gasteiger partial charge in [-0.15, -0.1) is 0 Å². The van der Waals surface area contributed by atoms with Crippen LogP contribution in [0.25, 0.3) is 0 Å². The van der Waals surface area contributed by atoms with Gasteiger partial charge in [-0.25, -0.2) is 4.79 Å². The molecule has 0 fully saturated rings. The number of amides is 1. The van der Waals surface area contributed by atoms with Crippen LogP contribution in [0, 0.1) is 6.92 Å². The molecule has 1 aromatic carbocycles. The monoisotopic (exact) mass is 280 g/mol. The highest BCUT2D eigenvalue weighted by Gasteiger charge is 2.22. The van der Waals surface area contributed by atoms with Crippen LogP contribution >= 0.6 is 0 Å². The average molecular weight is 280 g/mol. The highest BCUT2D eigenvalue weighted by atomic mass is 16.6. The van der Waals surface area contributed by atoms with Gasteiger partial charge >= 0.3 is 6.09 Å². The van der Waals surface area contributed by atoms with Crippen molar-refractivity contribution in [2.24, 2.45) is 5.73 Å². The number of ether oxygens (including phenoxy) is 2. The minimum Gasteiger partial charge on any atom is -0.496 e. The molecule has 0 heterocycles. The van der Waals surface area contributed by atoms with Gasteiger partial charge in [0.1, 0.15) is 11.4 Å². The Balaban J connectivity index is 2.92. The lowest BCUT2D eigenvalue weighted by Crippen LogP contribution is -2.38. The van der Waals surface area contributed by atoms with E-state index in [-0.39, 0.29) is 12.6 Å². The van der Waals surface area contributed by atoms with Crippen molar-refractivity contribution in [2.45, 2.75) is 39.3 Å². The van der Waals surface area contributed by atoms with E-state index in [1.165, 1.54) is 0 Å². The Morgan fingerprint density at radius 2 is 2.05 bits per heavy atom. The SMILES string of the molecule is COc1c(C)cccc1C(CN)NC(=O)OC(C)(C)C. The predicted octanol–water partition coefficient (Wildman–Crippen LogP) is 2.53. The van der Waals surface area contributed by atoms with Gasteiger partial charge in [0.05, 0.1) is 13.2 Å². The minimum atomic E-state index is -0.542. The van der Waals surface area contributed by atoms with E-state index < -0.39 is 11.7 Å². The molecule has 0 aliphatic rings. The summed E-state index contributed by atoms with van der Waals surface area (Å²) in [6.45, 7) is 7.66. The summed E-state index contributed by atoms with van der Waals surface area (Å²) >= 11 is 0. The third-order valence-corrected chi connectivity index (χ3v) is 2.75. The molecular formula is C15H24N2O3. The number of para-hydroxylation sites is 1. The predicted molar refractivity (Wildman–Crippen MR) is 78.9 cm³/mol. The third kappa shape index (κ3) is 4.42. The van der Waals surface area contributed by atoms with Gasteiger partial charge in [-0.05, 0) is 33.3 Å². The van der Waals surface area contributed by atoms with Gasteiger partial charge in [-0.1, -0.05) is 18.2 Å². The molecule has 5 nitrogen and oxygen atoms in total. The lowest BCUT2D eigenvalue weighted by atomic mass is 10.0. The molecule has 1 aromatic rings. The molecule has 0 bridgehead atoms. The molecule has 20 heavy (non-hydrogen) atoms. The van der Waals surface area contributed by atoms with Crippen LogP contribution in [-0.4, -0.2) is 25.3 Å². The average Bonchev–Trinajstić information content (AvgIpc) is 2.33. The Labute approximate surface area is 120 Å². The summed E-state index contributed by atoms with van der Waals surface area (Å²) in [5.74, 6) is 0.735. The van der Waals surface area contributed by atoms with E-state index in [0.29, 0.717) is 0 Å². The van der Waals surface area contributed by atoms with Crippen molar-refractivity contribution in [3.8, 4) is 5.75 Å². The van der Waals surface area contributed by atoms with Gasteiger partial charge in [-0.3, -0.25) is 0 Å². The number of nitrogens with two attached hydrogens (primary N) is 1. The summed E-state index contributed by atoms with van der Waals surface area (Å²) in [5, 5.41) is 2.78. The Morgan fingerprint density at radius 3 is 2.55 bits per heavy atom. The Morgan fingerprint density at radius 1 is 1.40 bits per heavy atom. The Hall–Kier alpha value is -1.75. The zero-order valence-corrected chi connectivity index (χ0v) is 12.8. The van der Waals surface area contributed by atoms with E-state index in [1.807, 2.05) is 45.9 Å². The molecule has 0 saturated heterocycles. The first-order valence-electron chi connectivity index (χ1n) is 6.61. The summed E-state index contributed by atoms with van der Waals surface area (Å²) < 4.78 is 10.6. The quantitative estimate of drug-likeness (QED) is 0.889. The molecule has 0 aliphatic carbocycles. The van der Waals surface area contributed by atoms with Crippen LogP contribution in [0.2, 0.25) is 0 Å². The standard InChI is InChI=1S/C15H24N2O3/c1-10-7-6-8-11(13(10)19-5)12(9-16)17-14(18)20-15(2,3)4/h6-8,12H,9,16H2,1-5H3,(H,17,18). The smallest absolute Gasteiger partial charge is 0.408 e. The van der Waals surface area contributed by atoms with Crippen molar-refractivity contribution >= 4 is 6.09 Å². The van der Waals surface area contributed by atoms with Crippen LogP contribution in [0.5, 0.6) is 5.75 Å². The maximum Gasteiger partial charge on any atom is 0.408 e. The molecule has 5 heteroatoms. The molecule has 0 aromatic heterocycles. The van der Waals surface area contributed by atoms with Gasteiger partial charge < -0.3 is 20.5 Å². The highest BCUT2D eigenvalue weighted by Crippen LogP contribution is 2.28. The zero-order chi connectivity index (χ0) is 15.3. The van der Waals surface area contributed by atoms with Crippen molar-refractivity contribution in [3.63, 3.8) is 0 Å². The second-order valence-electron chi connectivity index (χ2n) is 5.63. The van der Waals surface area contributed by atoms with Gasteiger partial charge in [0.25, 0.3) is 0 Å². The van der Waals surface area contributed by atoms with E-state index in [0.717, 1.165) is 16.9 Å². The maximum absolute atomic E-state index is 11.9. The van der Waals surface area contributed by atoms with E-state index in [2.05, 4.69) is 5.32 Å². The van der Waals surface area contributed by atoms with E-state index in [1.54, 1.807) is 7.11 Å². The van der Waals surface area contributed by atoms with Crippen molar-refractivity contribution < 1.29 is 14.3 Å². The Bertz CT molecular complexity index is 467. The van der Waals surface area contributed by atoms with Crippen LogP contribution in [0.4, 0.5) is 4.79 Å². The number of aryl methyl sites for hydroxylation is 1. The fourth-order valence-corrected chi connectivity index (χ4v) is 1.94. The molecule has 112 valence electrons. The molecule has 1 rings (SSSR count). The first-order valence-corrected chi connectivity index (χ1v) is 6.61. The molecule has 1 unspecified atom stereocenters. The molecule has 0 spiro atoms. The number of benzene rings is 1. The third-order valence-electron chi connectivity index (χ3n) is 2.75. The summed E-state index contributed by atoms with van der Waals surface area (Å²) in [6.07, 6.45) is -0.489. The molecule has 1 atom stereocenters. The van der Waals surface area contributed by atoms with E-state index in [4.69, 9.17) is 15.2 Å². The highest BCUT2D eigenvalue weighted by molar-refractivity contribution is 5.68. The normalized spacial score (nSPS) is 12.7. The first-order chi connectivity index (χ1) is 9.28. The Kier molecular flexibility index (Phi) is 5.39. The van der Waals surface area contributed by atoms with Crippen molar-refractivity contribution in [1.82, 2.24) is 5.32 Å². The molecule has 0 saturated carbocycles. The first kappa shape index (κ1) is 16.3. The lowest BCUT2D eigenvalue weighted by Gasteiger charge is -2.24. The van der Waals surface area contributed by atoms with Crippen LogP contribution in [0.3, 0.4) is 0 Å². The molecular weight excluding hydrogens is 256 g/mol. The number of alkyl carbamates (subject to hydrolysis) is 1. The number of hydrogen-bond acceptors (Lipinski definition) is 4. The maximum atomic E-state index is 11.9. The van der Waals surface area contributed by atoms with Crippen LogP contribution < -0.4 is 15.8 Å². The number of carbonyl (C=O) groups excluding carboxylic acids is 1. The molecule has 0 aliphatic heterocycles. The van der Waals surface area contributed by atoms with Gasteiger partial charge in [0.2, 0.25) is 0 Å². The number of rotatable bonds is 4. The second-order valence-corrected chi connectivity index (χ2v) is 5.63. The van der Waals surface area contributed by atoms with Gasteiger partial charge in [0, 0.05) is 12.1 Å².